The molecule has 6 nitrogen and oxygen atoms in total. The monoisotopic (exact) mass is 754 g/mol. The highest BCUT2D eigenvalue weighted by Gasteiger charge is 2.24. The molecule has 0 aliphatic carbocycles. The summed E-state index contributed by atoms with van der Waals surface area (Å²) < 4.78 is 13.2. The molecule has 13 heteroatoms. The fourth-order valence-electron chi connectivity index (χ4n) is 4.42. The van der Waals surface area contributed by atoms with Crippen LogP contribution in [0.1, 0.15) is 26.1 Å². The zero-order valence-corrected chi connectivity index (χ0v) is 29.8. The van der Waals surface area contributed by atoms with E-state index in [0.717, 1.165) is 37.7 Å². The molecule has 0 amide bonds. The Labute approximate surface area is 304 Å². The Morgan fingerprint density at radius 2 is 0.958 bits per heavy atom. The molecule has 0 radical (unpaired) electrons. The normalized spacial score (nSPS) is 12.1. The molecule has 2 unspecified atom stereocenters. The van der Waals surface area contributed by atoms with E-state index in [9.17, 15) is 24.2 Å². The summed E-state index contributed by atoms with van der Waals surface area (Å²) in [5.41, 5.74) is 5.95. The van der Waals surface area contributed by atoms with Gasteiger partial charge in [-0.2, -0.15) is 25.3 Å². The molecule has 0 spiro atoms. The van der Waals surface area contributed by atoms with Crippen LogP contribution < -0.4 is 0 Å². The van der Waals surface area contributed by atoms with Crippen molar-refractivity contribution in [1.29, 1.82) is 0 Å². The van der Waals surface area contributed by atoms with Gasteiger partial charge in [0.05, 0.1) is 21.1 Å². The van der Waals surface area contributed by atoms with Crippen LogP contribution in [-0.4, -0.2) is 32.1 Å². The number of benzene rings is 4. The molecule has 0 saturated heterocycles. The van der Waals surface area contributed by atoms with E-state index in [2.05, 4.69) is 35.2 Å². The number of aliphatic carboxylic acids is 2. The molecule has 2 N–H and O–H groups in total. The molecular formula is C35H25Cl2FN2O4S4. The van der Waals surface area contributed by atoms with Crippen molar-refractivity contribution in [3.05, 3.63) is 129 Å². The summed E-state index contributed by atoms with van der Waals surface area (Å²) in [6, 6.07) is 28.5. The van der Waals surface area contributed by atoms with Gasteiger partial charge >= 0.3 is 11.9 Å². The Kier molecular flexibility index (Phi) is 11.6. The van der Waals surface area contributed by atoms with Gasteiger partial charge < -0.3 is 10.2 Å². The summed E-state index contributed by atoms with van der Waals surface area (Å²) in [5, 5.41) is 18.5. The SMILES string of the molecule is Cc1ccc(-c2sc(C(S)C(=O)O)nc2-c2ccc(Cl)cc2)cc1.O=C(O)C(S)c1nc(-c2ccc(F)cc2)c(-c2ccc(Cl)cc2)s1. The number of hydrogen-bond donors (Lipinski definition) is 4. The maximum absolute atomic E-state index is 13.2. The Balaban J connectivity index is 0.000000188. The highest BCUT2D eigenvalue weighted by molar-refractivity contribution is 7.81. The van der Waals surface area contributed by atoms with Gasteiger partial charge in [-0.3, -0.25) is 9.59 Å². The minimum absolute atomic E-state index is 0.347. The minimum atomic E-state index is -1.07. The first-order chi connectivity index (χ1) is 22.9. The topological polar surface area (TPSA) is 100 Å². The Morgan fingerprint density at radius 1 is 0.625 bits per heavy atom. The van der Waals surface area contributed by atoms with E-state index in [1.165, 1.54) is 34.8 Å². The maximum Gasteiger partial charge on any atom is 0.323 e. The fourth-order valence-corrected chi connectivity index (χ4v) is 7.25. The molecule has 48 heavy (non-hydrogen) atoms. The zero-order chi connectivity index (χ0) is 34.5. The second-order valence-electron chi connectivity index (χ2n) is 10.3. The van der Waals surface area contributed by atoms with Gasteiger partial charge in [0, 0.05) is 21.2 Å². The molecule has 4 aromatic carbocycles. The number of carboxylic acids is 2. The molecule has 0 saturated carbocycles. The number of thiol groups is 2. The number of carboxylic acid groups (broad SMARTS) is 2. The summed E-state index contributed by atoms with van der Waals surface area (Å²) in [6.45, 7) is 2.02. The van der Waals surface area contributed by atoms with Crippen molar-refractivity contribution in [2.45, 2.75) is 17.4 Å². The lowest BCUT2D eigenvalue weighted by Gasteiger charge is -2.03. The number of hydrogen-bond acceptors (Lipinski definition) is 8. The summed E-state index contributed by atoms with van der Waals surface area (Å²) >= 11 is 22.8. The number of halogens is 3. The van der Waals surface area contributed by atoms with Gasteiger partial charge in [-0.15, -0.1) is 22.7 Å². The van der Waals surface area contributed by atoms with Crippen LogP contribution in [0.3, 0.4) is 0 Å². The molecule has 0 fully saturated rings. The van der Waals surface area contributed by atoms with Crippen LogP contribution in [0.4, 0.5) is 4.39 Å². The van der Waals surface area contributed by atoms with Crippen molar-refractivity contribution >= 4 is 83.1 Å². The largest absolute Gasteiger partial charge is 0.480 e. The first-order valence-electron chi connectivity index (χ1n) is 14.1. The van der Waals surface area contributed by atoms with Crippen LogP contribution in [0, 0.1) is 12.7 Å². The molecule has 6 rings (SSSR count). The number of aryl methyl sites for hydroxylation is 1. The minimum Gasteiger partial charge on any atom is -0.480 e. The highest BCUT2D eigenvalue weighted by atomic mass is 35.5. The molecule has 0 bridgehead atoms. The number of thiazole rings is 2. The summed E-state index contributed by atoms with van der Waals surface area (Å²) in [4.78, 5) is 33.2. The highest BCUT2D eigenvalue weighted by Crippen LogP contribution is 2.42. The summed E-state index contributed by atoms with van der Waals surface area (Å²) in [6.07, 6.45) is 0. The van der Waals surface area contributed by atoms with E-state index in [4.69, 9.17) is 23.2 Å². The third-order valence-electron chi connectivity index (χ3n) is 6.88. The van der Waals surface area contributed by atoms with Crippen molar-refractivity contribution in [1.82, 2.24) is 9.97 Å². The van der Waals surface area contributed by atoms with Crippen LogP contribution in [0.25, 0.3) is 43.4 Å². The second-order valence-corrected chi connectivity index (χ2v) is 14.3. The van der Waals surface area contributed by atoms with Gasteiger partial charge in [0.1, 0.15) is 15.8 Å². The number of rotatable bonds is 8. The lowest BCUT2D eigenvalue weighted by atomic mass is 10.1. The molecule has 0 aliphatic heterocycles. The van der Waals surface area contributed by atoms with Gasteiger partial charge in [-0.1, -0.05) is 77.3 Å². The lowest BCUT2D eigenvalue weighted by Crippen LogP contribution is -2.04. The van der Waals surface area contributed by atoms with E-state index < -0.39 is 22.4 Å². The fraction of sp³-hybridized carbons (Fsp3) is 0.0857. The smallest absolute Gasteiger partial charge is 0.323 e. The predicted octanol–water partition coefficient (Wildman–Crippen LogP) is 10.8. The van der Waals surface area contributed by atoms with Crippen molar-refractivity contribution in [2.75, 3.05) is 0 Å². The van der Waals surface area contributed by atoms with E-state index in [1.807, 2.05) is 55.5 Å². The third-order valence-corrected chi connectivity index (χ3v) is 11.0. The van der Waals surface area contributed by atoms with Crippen molar-refractivity contribution in [3.63, 3.8) is 0 Å². The van der Waals surface area contributed by atoms with Crippen molar-refractivity contribution in [2.24, 2.45) is 0 Å². The van der Waals surface area contributed by atoms with Gasteiger partial charge in [0.15, 0.2) is 10.5 Å². The Hall–Kier alpha value is -3.71. The second kappa shape index (κ2) is 15.7. The first kappa shape index (κ1) is 35.6. The van der Waals surface area contributed by atoms with E-state index >= 15 is 0 Å². The average molecular weight is 756 g/mol. The quantitative estimate of drug-likeness (QED) is 0.115. The lowest BCUT2D eigenvalue weighted by molar-refractivity contribution is -0.137. The van der Waals surface area contributed by atoms with Gasteiger partial charge in [0.2, 0.25) is 0 Å². The number of carbonyl (C=O) groups is 2. The van der Waals surface area contributed by atoms with E-state index in [-0.39, 0.29) is 5.82 Å². The van der Waals surface area contributed by atoms with Crippen LogP contribution >= 0.6 is 71.1 Å². The molecule has 2 aromatic heterocycles. The predicted molar refractivity (Wildman–Crippen MR) is 199 cm³/mol. The van der Waals surface area contributed by atoms with Gasteiger partial charge in [-0.05, 0) is 66.6 Å². The zero-order valence-electron chi connectivity index (χ0n) is 24.8. The van der Waals surface area contributed by atoms with Gasteiger partial charge in [0.25, 0.3) is 0 Å². The third kappa shape index (κ3) is 8.46. The van der Waals surface area contributed by atoms with Crippen LogP contribution in [0.15, 0.2) is 97.1 Å². The first-order valence-corrected chi connectivity index (χ1v) is 17.5. The Morgan fingerprint density at radius 3 is 1.33 bits per heavy atom. The molecule has 0 aliphatic rings. The van der Waals surface area contributed by atoms with Crippen LogP contribution in [-0.2, 0) is 9.59 Å². The van der Waals surface area contributed by atoms with Gasteiger partial charge in [-0.25, -0.2) is 14.4 Å². The average Bonchev–Trinajstić information content (AvgIpc) is 3.72. The maximum atomic E-state index is 13.2. The molecule has 2 heterocycles. The molecular weight excluding hydrogens is 731 g/mol. The van der Waals surface area contributed by atoms with E-state index in [1.54, 1.807) is 36.4 Å². The standard InChI is InChI=1S/C18H14ClNO2S2.C17H11ClFNO2S2/c1-10-2-4-12(5-3-10)16-14(11-6-8-13(19)9-7-11)20-17(24-16)15(23)18(21)22;18-11-5-1-10(2-6-11)15-13(9-3-7-12(19)8-4-9)20-16(24-15)14(23)17(21)22/h2-9,15,23H,1H3,(H,21,22);1-8,14,23H,(H,21,22). The molecule has 2 atom stereocenters. The Bertz CT molecular complexity index is 1780. The summed E-state index contributed by atoms with van der Waals surface area (Å²) in [5.74, 6) is -2.43. The van der Waals surface area contributed by atoms with Crippen molar-refractivity contribution < 1.29 is 24.2 Å². The number of nitrogens with zero attached hydrogens (tertiary/aromatic N) is 2. The van der Waals surface area contributed by atoms with E-state index in [0.29, 0.717) is 31.3 Å². The van der Waals surface area contributed by atoms with Crippen molar-refractivity contribution in [3.8, 4) is 43.4 Å². The summed E-state index contributed by atoms with van der Waals surface area (Å²) in [7, 11) is 0. The molecule has 244 valence electrons. The van der Waals surface area contributed by atoms with Crippen LogP contribution in [0.2, 0.25) is 10.0 Å². The number of aromatic nitrogens is 2. The molecule has 6 aromatic rings. The van der Waals surface area contributed by atoms with Crippen LogP contribution in [0.5, 0.6) is 0 Å².